The Morgan fingerprint density at radius 2 is 1.86 bits per heavy atom. The van der Waals surface area contributed by atoms with E-state index in [4.69, 9.17) is 14.6 Å². The van der Waals surface area contributed by atoms with Gasteiger partial charge >= 0.3 is 12.1 Å². The number of fused-ring (bicyclic) bond motifs is 1. The number of carboxylic acids is 1. The molecule has 1 saturated heterocycles. The highest BCUT2D eigenvalue weighted by molar-refractivity contribution is 5.94. The van der Waals surface area contributed by atoms with Gasteiger partial charge in [-0.2, -0.15) is 13.2 Å². The van der Waals surface area contributed by atoms with Crippen LogP contribution in [-0.4, -0.2) is 78.8 Å². The third kappa shape index (κ3) is 7.35. The number of hydrogen-bond acceptors (Lipinski definition) is 6. The van der Waals surface area contributed by atoms with Gasteiger partial charge in [0, 0.05) is 42.3 Å². The second-order valence-corrected chi connectivity index (χ2v) is 10.8. The standard InChI is InChI=1S/C31H34F4N4O4/c1-42-29-17-23(30(40)41)25(32)18-27(29)36-11-3-4-22-16-24-26(5-2-6-28(24)39(22)19-31(33,34)35)37-20-7-9-21(10-8-20)38-12-14-43-15-13-38/h2,5-6,16-18,20-21,36-37H,7-15,19H2,1H3,(H,40,41)/t20-,21+. The number of morpholine rings is 1. The molecule has 43 heavy (non-hydrogen) atoms. The molecule has 0 amide bonds. The van der Waals surface area contributed by atoms with Crippen molar-refractivity contribution in [1.29, 1.82) is 0 Å². The quantitative estimate of drug-likeness (QED) is 0.230. The summed E-state index contributed by atoms with van der Waals surface area (Å²) in [6, 6.07) is 9.74. The first kappa shape index (κ1) is 30.5. The van der Waals surface area contributed by atoms with Crippen molar-refractivity contribution < 1.29 is 36.9 Å². The van der Waals surface area contributed by atoms with Crippen LogP contribution >= 0.6 is 0 Å². The SMILES string of the molecule is COc1cc(C(=O)O)c(F)cc1NCC#Cc1cc2c(N[C@H]3CC[C@@H](N4CCOCC4)CC3)cccc2n1CC(F)(F)F. The molecule has 3 N–H and O–H groups in total. The van der Waals surface area contributed by atoms with E-state index in [2.05, 4.69) is 27.4 Å². The summed E-state index contributed by atoms with van der Waals surface area (Å²) in [4.78, 5) is 13.7. The predicted molar refractivity (Wildman–Crippen MR) is 155 cm³/mol. The molecule has 5 rings (SSSR count). The summed E-state index contributed by atoms with van der Waals surface area (Å²) in [7, 11) is 1.31. The average Bonchev–Trinajstić information content (AvgIpc) is 3.32. The molecule has 0 atom stereocenters. The smallest absolute Gasteiger partial charge is 0.406 e. The molecule has 0 spiro atoms. The molecule has 230 valence electrons. The van der Waals surface area contributed by atoms with E-state index >= 15 is 0 Å². The minimum atomic E-state index is -4.46. The van der Waals surface area contributed by atoms with Gasteiger partial charge in [0.05, 0.1) is 49.3 Å². The largest absolute Gasteiger partial charge is 0.495 e. The molecular weight excluding hydrogens is 568 g/mol. The molecule has 3 aromatic rings. The number of carbonyl (C=O) groups is 1. The number of anilines is 2. The van der Waals surface area contributed by atoms with Crippen molar-refractivity contribution in [1.82, 2.24) is 9.47 Å². The van der Waals surface area contributed by atoms with Crippen molar-refractivity contribution in [2.24, 2.45) is 0 Å². The summed E-state index contributed by atoms with van der Waals surface area (Å²) < 4.78 is 66.8. The zero-order valence-electron chi connectivity index (χ0n) is 23.8. The maximum absolute atomic E-state index is 14.2. The highest BCUT2D eigenvalue weighted by Crippen LogP contribution is 2.33. The van der Waals surface area contributed by atoms with Crippen LogP contribution in [0.25, 0.3) is 10.9 Å². The van der Waals surface area contributed by atoms with Crippen molar-refractivity contribution in [3.05, 3.63) is 53.5 Å². The summed E-state index contributed by atoms with van der Waals surface area (Å²) in [6.07, 6.45) is -0.409. The van der Waals surface area contributed by atoms with Gasteiger partial charge in [-0.25, -0.2) is 9.18 Å². The average molecular weight is 603 g/mol. The number of nitrogens with one attached hydrogen (secondary N) is 2. The van der Waals surface area contributed by atoms with E-state index in [0.29, 0.717) is 16.9 Å². The van der Waals surface area contributed by atoms with E-state index in [1.165, 1.54) is 7.11 Å². The van der Waals surface area contributed by atoms with Crippen LogP contribution in [0.15, 0.2) is 36.4 Å². The zero-order valence-corrected chi connectivity index (χ0v) is 23.8. The summed E-state index contributed by atoms with van der Waals surface area (Å²) in [5, 5.41) is 16.2. The molecule has 0 unspecified atom stereocenters. The predicted octanol–water partition coefficient (Wildman–Crippen LogP) is 5.57. The lowest BCUT2D eigenvalue weighted by atomic mass is 9.89. The first-order valence-electron chi connectivity index (χ1n) is 14.2. The van der Waals surface area contributed by atoms with E-state index in [1.807, 2.05) is 6.07 Å². The molecule has 12 heteroatoms. The zero-order chi connectivity index (χ0) is 30.6. The van der Waals surface area contributed by atoms with Crippen LogP contribution < -0.4 is 15.4 Å². The molecule has 8 nitrogen and oxygen atoms in total. The van der Waals surface area contributed by atoms with Gasteiger partial charge in [-0.15, -0.1) is 0 Å². The summed E-state index contributed by atoms with van der Waals surface area (Å²) >= 11 is 0. The van der Waals surface area contributed by atoms with Crippen molar-refractivity contribution in [2.75, 3.05) is 50.6 Å². The molecule has 0 radical (unpaired) electrons. The van der Waals surface area contributed by atoms with Gasteiger partial charge in [-0.1, -0.05) is 12.0 Å². The van der Waals surface area contributed by atoms with Crippen molar-refractivity contribution in [3.63, 3.8) is 0 Å². The Hall–Kier alpha value is -3.95. The normalized spacial score (nSPS) is 19.5. The second kappa shape index (κ2) is 13.1. The van der Waals surface area contributed by atoms with Crippen LogP contribution in [0.2, 0.25) is 0 Å². The van der Waals surface area contributed by atoms with Crippen molar-refractivity contribution in [2.45, 2.75) is 50.5 Å². The number of alkyl halides is 3. The molecule has 2 fully saturated rings. The molecule has 1 aliphatic carbocycles. The number of aromatic carboxylic acids is 1. The number of rotatable bonds is 8. The number of halogens is 4. The maximum Gasteiger partial charge on any atom is 0.406 e. The fourth-order valence-corrected chi connectivity index (χ4v) is 5.91. The van der Waals surface area contributed by atoms with Gasteiger partial charge in [0.15, 0.2) is 0 Å². The number of benzene rings is 2. The Bertz CT molecular complexity index is 1510. The first-order chi connectivity index (χ1) is 20.6. The van der Waals surface area contributed by atoms with E-state index in [9.17, 15) is 22.4 Å². The molecule has 2 heterocycles. The van der Waals surface area contributed by atoms with Gasteiger partial charge in [-0.05, 0) is 55.9 Å². The number of aromatic nitrogens is 1. The third-order valence-corrected chi connectivity index (χ3v) is 8.00. The topological polar surface area (TPSA) is 88.0 Å². The molecule has 1 aliphatic heterocycles. The summed E-state index contributed by atoms with van der Waals surface area (Å²) in [6.45, 7) is 2.20. The Balaban J connectivity index is 1.33. The van der Waals surface area contributed by atoms with Crippen molar-refractivity contribution >= 4 is 28.2 Å². The lowest BCUT2D eigenvalue weighted by Gasteiger charge is -2.39. The minimum Gasteiger partial charge on any atom is -0.495 e. The lowest BCUT2D eigenvalue weighted by Crippen LogP contribution is -2.46. The van der Waals surface area contributed by atoms with E-state index in [0.717, 1.165) is 74.4 Å². The van der Waals surface area contributed by atoms with Gasteiger partial charge in [0.1, 0.15) is 18.1 Å². The Kier molecular flexibility index (Phi) is 9.32. The van der Waals surface area contributed by atoms with Crippen LogP contribution in [-0.2, 0) is 11.3 Å². The van der Waals surface area contributed by atoms with Gasteiger partial charge in [0.2, 0.25) is 0 Å². The summed E-state index contributed by atoms with van der Waals surface area (Å²) in [5.41, 5.74) is 1.02. The second-order valence-electron chi connectivity index (χ2n) is 10.8. The van der Waals surface area contributed by atoms with Gasteiger partial charge in [-0.3, -0.25) is 4.90 Å². The molecule has 2 aliphatic rings. The Morgan fingerprint density at radius 3 is 2.53 bits per heavy atom. The minimum absolute atomic E-state index is 0.0484. The molecule has 2 aromatic carbocycles. The Morgan fingerprint density at radius 1 is 1.12 bits per heavy atom. The van der Waals surface area contributed by atoms with Gasteiger partial charge < -0.3 is 29.8 Å². The van der Waals surface area contributed by atoms with Crippen LogP contribution in [0.4, 0.5) is 28.9 Å². The Labute approximate surface area is 246 Å². The van der Waals surface area contributed by atoms with Crippen LogP contribution in [0, 0.1) is 17.7 Å². The highest BCUT2D eigenvalue weighted by Gasteiger charge is 2.31. The van der Waals surface area contributed by atoms with E-state index in [-0.39, 0.29) is 29.7 Å². The number of hydrogen-bond donors (Lipinski definition) is 3. The monoisotopic (exact) mass is 602 g/mol. The number of ether oxygens (including phenoxy) is 2. The van der Waals surface area contributed by atoms with Crippen LogP contribution in [0.1, 0.15) is 41.7 Å². The van der Waals surface area contributed by atoms with E-state index in [1.54, 1.807) is 18.2 Å². The van der Waals surface area contributed by atoms with Crippen molar-refractivity contribution in [3.8, 4) is 17.6 Å². The lowest BCUT2D eigenvalue weighted by molar-refractivity contribution is -0.140. The first-order valence-corrected chi connectivity index (χ1v) is 14.2. The summed E-state index contributed by atoms with van der Waals surface area (Å²) in [5.74, 6) is 3.34. The van der Waals surface area contributed by atoms with Gasteiger partial charge in [0.25, 0.3) is 0 Å². The maximum atomic E-state index is 14.2. The van der Waals surface area contributed by atoms with E-state index < -0.39 is 30.1 Å². The molecular formula is C31H34F4N4O4. The molecule has 1 aromatic heterocycles. The van der Waals surface area contributed by atoms with Crippen LogP contribution in [0.5, 0.6) is 5.75 Å². The highest BCUT2D eigenvalue weighted by atomic mass is 19.4. The number of nitrogens with zero attached hydrogens (tertiary/aromatic N) is 2. The third-order valence-electron chi connectivity index (χ3n) is 8.00. The number of methoxy groups -OCH3 is 1. The number of carboxylic acid groups (broad SMARTS) is 1. The van der Waals surface area contributed by atoms with Crippen LogP contribution in [0.3, 0.4) is 0 Å². The fraction of sp³-hybridized carbons (Fsp3) is 0.452. The molecule has 1 saturated carbocycles. The fourth-order valence-electron chi connectivity index (χ4n) is 5.91. The molecule has 0 bridgehead atoms.